The number of carboxylic acid groups (broad SMARTS) is 1. The van der Waals surface area contributed by atoms with Crippen molar-refractivity contribution in [1.82, 2.24) is 0 Å². The molecule has 0 aliphatic carbocycles. The molecule has 24 heavy (non-hydrogen) atoms. The van der Waals surface area contributed by atoms with Crippen molar-refractivity contribution < 1.29 is 24.2 Å². The highest BCUT2D eigenvalue weighted by atomic mass is 32.2. The van der Waals surface area contributed by atoms with Gasteiger partial charge in [-0.05, 0) is 30.2 Å². The molecule has 124 valence electrons. The molecule has 2 aliphatic heterocycles. The fourth-order valence-corrected chi connectivity index (χ4v) is 4.82. The van der Waals surface area contributed by atoms with Gasteiger partial charge in [0.25, 0.3) is 0 Å². The smallest absolute Gasteiger partial charge is 0.345 e. The van der Waals surface area contributed by atoms with Gasteiger partial charge in [0.1, 0.15) is 4.88 Å². The van der Waals surface area contributed by atoms with Crippen molar-refractivity contribution in [3.8, 4) is 11.5 Å². The second-order valence-corrected chi connectivity index (χ2v) is 7.66. The predicted octanol–water partition coefficient (Wildman–Crippen LogP) is 2.86. The third-order valence-corrected chi connectivity index (χ3v) is 6.24. The number of hydrogen-bond donors (Lipinski definition) is 1. The van der Waals surface area contributed by atoms with Crippen molar-refractivity contribution in [1.29, 1.82) is 0 Å². The molecule has 0 bridgehead atoms. The van der Waals surface area contributed by atoms with Gasteiger partial charge in [-0.25, -0.2) is 4.79 Å². The van der Waals surface area contributed by atoms with Crippen LogP contribution < -0.4 is 14.4 Å². The van der Waals surface area contributed by atoms with E-state index in [9.17, 15) is 9.59 Å². The third-order valence-electron chi connectivity index (χ3n) is 3.87. The zero-order valence-electron chi connectivity index (χ0n) is 12.5. The van der Waals surface area contributed by atoms with Crippen molar-refractivity contribution in [3.63, 3.8) is 0 Å². The Bertz CT molecular complexity index is 832. The number of aromatic carboxylic acids is 1. The number of amides is 1. The first kappa shape index (κ1) is 15.3. The summed E-state index contributed by atoms with van der Waals surface area (Å²) in [6.07, 6.45) is 0.657. The molecule has 0 saturated carbocycles. The van der Waals surface area contributed by atoms with E-state index in [0.29, 0.717) is 24.4 Å². The zero-order chi connectivity index (χ0) is 16.7. The van der Waals surface area contributed by atoms with Crippen LogP contribution in [-0.2, 0) is 11.2 Å². The van der Waals surface area contributed by atoms with Crippen LogP contribution in [0.1, 0.15) is 15.2 Å². The molecular formula is C16H13NO5S2. The van der Waals surface area contributed by atoms with Crippen molar-refractivity contribution in [3.05, 3.63) is 34.7 Å². The highest BCUT2D eigenvalue weighted by Gasteiger charge is 2.28. The number of carbonyl (C=O) groups excluding carboxylic acids is 1. The normalized spacial score (nSPS) is 15.5. The maximum absolute atomic E-state index is 12.3. The molecule has 2 aromatic rings. The molecule has 8 heteroatoms. The van der Waals surface area contributed by atoms with E-state index < -0.39 is 5.97 Å². The van der Waals surface area contributed by atoms with E-state index in [1.54, 1.807) is 11.0 Å². The number of benzene rings is 1. The number of carboxylic acids is 1. The number of fused-ring (bicyclic) bond motifs is 2. The quantitative estimate of drug-likeness (QED) is 0.900. The highest BCUT2D eigenvalue weighted by molar-refractivity contribution is 8.02. The van der Waals surface area contributed by atoms with Crippen molar-refractivity contribution in [2.24, 2.45) is 0 Å². The molecule has 0 fully saturated rings. The molecule has 0 saturated heterocycles. The maximum atomic E-state index is 12.3. The average Bonchev–Trinajstić information content (AvgIpc) is 3.19. The summed E-state index contributed by atoms with van der Waals surface area (Å²) in [5.41, 5.74) is 1.75. The minimum atomic E-state index is -0.960. The lowest BCUT2D eigenvalue weighted by atomic mass is 10.1. The minimum Gasteiger partial charge on any atom is -0.477 e. The van der Waals surface area contributed by atoms with Crippen LogP contribution in [0.2, 0.25) is 0 Å². The second-order valence-electron chi connectivity index (χ2n) is 5.36. The Hall–Kier alpha value is -2.19. The largest absolute Gasteiger partial charge is 0.477 e. The van der Waals surface area contributed by atoms with Gasteiger partial charge in [-0.3, -0.25) is 4.79 Å². The van der Waals surface area contributed by atoms with Gasteiger partial charge in [-0.1, -0.05) is 6.07 Å². The second kappa shape index (κ2) is 6.03. The van der Waals surface area contributed by atoms with Gasteiger partial charge in [0.15, 0.2) is 11.5 Å². The number of carbonyl (C=O) groups is 2. The molecule has 3 heterocycles. The van der Waals surface area contributed by atoms with Crippen LogP contribution in [0.15, 0.2) is 28.5 Å². The maximum Gasteiger partial charge on any atom is 0.345 e. The molecule has 1 N–H and O–H groups in total. The molecule has 0 radical (unpaired) electrons. The van der Waals surface area contributed by atoms with Gasteiger partial charge in [0.2, 0.25) is 12.7 Å². The Kier molecular flexibility index (Phi) is 3.85. The molecule has 6 nitrogen and oxygen atoms in total. The van der Waals surface area contributed by atoms with Crippen molar-refractivity contribution in [2.45, 2.75) is 10.6 Å². The lowest BCUT2D eigenvalue weighted by Crippen LogP contribution is -2.36. The summed E-state index contributed by atoms with van der Waals surface area (Å²) in [5, 5.41) is 9.16. The molecule has 0 atom stereocenters. The van der Waals surface area contributed by atoms with Gasteiger partial charge in [0.05, 0.1) is 15.6 Å². The third kappa shape index (κ3) is 2.71. The Morgan fingerprint density at radius 1 is 1.25 bits per heavy atom. The van der Waals surface area contributed by atoms with Gasteiger partial charge >= 0.3 is 5.97 Å². The number of thiophene rings is 1. The highest BCUT2D eigenvalue weighted by Crippen LogP contribution is 2.42. The van der Waals surface area contributed by atoms with Gasteiger partial charge in [0, 0.05) is 6.54 Å². The van der Waals surface area contributed by atoms with Crippen molar-refractivity contribution in [2.75, 3.05) is 24.0 Å². The lowest BCUT2D eigenvalue weighted by molar-refractivity contribution is -0.116. The van der Waals surface area contributed by atoms with Gasteiger partial charge < -0.3 is 19.5 Å². The number of hydrogen-bond acceptors (Lipinski definition) is 6. The molecule has 0 spiro atoms. The molecule has 1 aromatic carbocycles. The fourth-order valence-electron chi connectivity index (χ4n) is 2.68. The van der Waals surface area contributed by atoms with Crippen LogP contribution >= 0.6 is 23.1 Å². The lowest BCUT2D eigenvalue weighted by Gasteiger charge is -2.26. The van der Waals surface area contributed by atoms with Gasteiger partial charge in [-0.2, -0.15) is 0 Å². The molecule has 4 rings (SSSR count). The first-order valence-electron chi connectivity index (χ1n) is 7.30. The summed E-state index contributed by atoms with van der Waals surface area (Å²) in [6, 6.07) is 7.33. The van der Waals surface area contributed by atoms with Gasteiger partial charge in [-0.15, -0.1) is 23.1 Å². The van der Waals surface area contributed by atoms with E-state index in [4.69, 9.17) is 14.6 Å². The summed E-state index contributed by atoms with van der Waals surface area (Å²) >= 11 is 2.62. The van der Waals surface area contributed by atoms with E-state index in [1.807, 2.05) is 18.2 Å². The van der Waals surface area contributed by atoms with Crippen LogP contribution in [0.5, 0.6) is 11.5 Å². The SMILES string of the molecule is O=C(O)c1cc2c(s1)SCC(=O)N2CCc1ccc2c(c1)OCO2. The Balaban J connectivity index is 1.54. The number of ether oxygens (including phenoxy) is 2. The first-order chi connectivity index (χ1) is 11.6. The number of nitrogens with zero attached hydrogens (tertiary/aromatic N) is 1. The van der Waals surface area contributed by atoms with Crippen LogP contribution in [0.25, 0.3) is 0 Å². The van der Waals surface area contributed by atoms with Crippen LogP contribution in [0.4, 0.5) is 5.69 Å². The average molecular weight is 363 g/mol. The van der Waals surface area contributed by atoms with E-state index >= 15 is 0 Å². The first-order valence-corrected chi connectivity index (χ1v) is 9.11. The summed E-state index contributed by atoms with van der Waals surface area (Å²) < 4.78 is 11.5. The van der Waals surface area contributed by atoms with E-state index in [-0.39, 0.29) is 17.6 Å². The van der Waals surface area contributed by atoms with E-state index in [2.05, 4.69) is 0 Å². The summed E-state index contributed by atoms with van der Waals surface area (Å²) in [4.78, 5) is 25.4. The number of anilines is 1. The zero-order valence-corrected chi connectivity index (χ0v) is 14.1. The van der Waals surface area contributed by atoms with E-state index in [1.165, 1.54) is 23.1 Å². The van der Waals surface area contributed by atoms with E-state index in [0.717, 1.165) is 21.3 Å². The molecule has 2 aliphatic rings. The van der Waals surface area contributed by atoms with Crippen LogP contribution in [0.3, 0.4) is 0 Å². The molecule has 1 aromatic heterocycles. The fraction of sp³-hybridized carbons (Fsp3) is 0.250. The summed E-state index contributed by atoms with van der Waals surface area (Å²) in [6.45, 7) is 0.735. The Labute approximate surface area is 146 Å². The van der Waals surface area contributed by atoms with Crippen LogP contribution in [0, 0.1) is 0 Å². The van der Waals surface area contributed by atoms with Crippen LogP contribution in [-0.4, -0.2) is 36.1 Å². The molecular weight excluding hydrogens is 350 g/mol. The number of thioether (sulfide) groups is 1. The predicted molar refractivity (Wildman–Crippen MR) is 90.6 cm³/mol. The standard InChI is InChI=1S/C16H13NO5S2/c18-14-7-23-16-10(6-13(24-16)15(19)20)17(14)4-3-9-1-2-11-12(5-9)22-8-21-11/h1-2,5-6H,3-4,7-8H2,(H,19,20). The topological polar surface area (TPSA) is 76.1 Å². The molecule has 1 amide bonds. The Morgan fingerprint density at radius 2 is 2.08 bits per heavy atom. The summed E-state index contributed by atoms with van der Waals surface area (Å²) in [5.74, 6) is 0.835. The monoisotopic (exact) mass is 363 g/mol. The Morgan fingerprint density at radius 3 is 2.92 bits per heavy atom. The molecule has 0 unspecified atom stereocenters. The number of rotatable bonds is 4. The minimum absolute atomic E-state index is 0.00276. The van der Waals surface area contributed by atoms with Crippen molar-refractivity contribution >= 4 is 40.7 Å². The summed E-state index contributed by atoms with van der Waals surface area (Å²) in [7, 11) is 0.